The molecule has 0 fully saturated rings. The fraction of sp³-hybridized carbons (Fsp3) is 0.500. The number of aliphatic hydroxyl groups is 1. The monoisotopic (exact) mass is 130 g/mol. The number of carbonyl (C=O) groups excluding carboxylic acids is 1. The molecule has 3 nitrogen and oxygen atoms in total. The van der Waals surface area contributed by atoms with Crippen LogP contribution in [0.25, 0.3) is 0 Å². The Hall–Kier alpha value is -0.830. The summed E-state index contributed by atoms with van der Waals surface area (Å²) >= 11 is 0. The summed E-state index contributed by atoms with van der Waals surface area (Å²) in [5, 5.41) is 8.21. The first-order valence-corrected chi connectivity index (χ1v) is 2.64. The molecule has 0 rings (SSSR count). The molecule has 0 unspecified atom stereocenters. The lowest BCUT2D eigenvalue weighted by Crippen LogP contribution is -1.96. The first-order chi connectivity index (χ1) is 4.31. The van der Waals surface area contributed by atoms with Crippen molar-refractivity contribution in [2.75, 3.05) is 13.7 Å². The van der Waals surface area contributed by atoms with Gasteiger partial charge in [-0.3, -0.25) is 4.79 Å². The summed E-state index contributed by atoms with van der Waals surface area (Å²) in [5.41, 5.74) is 0. The van der Waals surface area contributed by atoms with Crippen LogP contribution >= 0.6 is 0 Å². The molecule has 0 spiro atoms. The van der Waals surface area contributed by atoms with Gasteiger partial charge in [-0.1, -0.05) is 12.2 Å². The number of hydrogen-bond donors (Lipinski definition) is 1. The van der Waals surface area contributed by atoms with E-state index in [-0.39, 0.29) is 19.0 Å². The lowest BCUT2D eigenvalue weighted by atomic mass is 10.4. The zero-order valence-corrected chi connectivity index (χ0v) is 5.33. The summed E-state index contributed by atoms with van der Waals surface area (Å²) in [5.74, 6) is -0.292. The summed E-state index contributed by atoms with van der Waals surface area (Å²) in [6.45, 7) is -0.0308. The van der Waals surface area contributed by atoms with Crippen molar-refractivity contribution in [3.63, 3.8) is 0 Å². The van der Waals surface area contributed by atoms with E-state index in [0.717, 1.165) is 0 Å². The Bertz CT molecular complexity index is 107. The second kappa shape index (κ2) is 5.31. The molecule has 1 N–H and O–H groups in total. The Kier molecular flexibility index (Phi) is 4.82. The second-order valence-electron chi connectivity index (χ2n) is 1.43. The van der Waals surface area contributed by atoms with Crippen molar-refractivity contribution in [3.05, 3.63) is 12.2 Å². The number of carbonyl (C=O) groups is 1. The molecule has 0 aromatic heterocycles. The number of aliphatic hydroxyl groups excluding tert-OH is 1. The molecule has 52 valence electrons. The molecule has 0 aromatic rings. The molecular weight excluding hydrogens is 120 g/mol. The van der Waals surface area contributed by atoms with Crippen LogP contribution in [0.1, 0.15) is 6.42 Å². The van der Waals surface area contributed by atoms with Crippen molar-refractivity contribution in [1.29, 1.82) is 0 Å². The van der Waals surface area contributed by atoms with Crippen molar-refractivity contribution in [3.8, 4) is 0 Å². The lowest BCUT2D eigenvalue weighted by Gasteiger charge is -1.90. The van der Waals surface area contributed by atoms with E-state index in [1.807, 2.05) is 0 Å². The van der Waals surface area contributed by atoms with Crippen molar-refractivity contribution in [2.24, 2.45) is 0 Å². The van der Waals surface area contributed by atoms with E-state index < -0.39 is 0 Å². The van der Waals surface area contributed by atoms with Gasteiger partial charge in [0.15, 0.2) is 0 Å². The number of hydrogen-bond acceptors (Lipinski definition) is 3. The van der Waals surface area contributed by atoms with Gasteiger partial charge in [-0.2, -0.15) is 0 Å². The van der Waals surface area contributed by atoms with Gasteiger partial charge < -0.3 is 9.84 Å². The van der Waals surface area contributed by atoms with Crippen LogP contribution < -0.4 is 0 Å². The van der Waals surface area contributed by atoms with Crippen molar-refractivity contribution in [2.45, 2.75) is 6.42 Å². The predicted molar refractivity (Wildman–Crippen MR) is 32.9 cm³/mol. The minimum atomic E-state index is -0.292. The molecule has 0 radical (unpaired) electrons. The first-order valence-electron chi connectivity index (χ1n) is 2.64. The highest BCUT2D eigenvalue weighted by Gasteiger charge is 1.91. The number of esters is 1. The minimum Gasteiger partial charge on any atom is -0.469 e. The highest BCUT2D eigenvalue weighted by atomic mass is 16.5. The van der Waals surface area contributed by atoms with Gasteiger partial charge in [0.05, 0.1) is 20.1 Å². The Morgan fingerprint density at radius 2 is 2.33 bits per heavy atom. The fourth-order valence-electron chi connectivity index (χ4n) is 0.337. The highest BCUT2D eigenvalue weighted by Crippen LogP contribution is 1.84. The van der Waals surface area contributed by atoms with E-state index in [9.17, 15) is 4.79 Å². The zero-order valence-electron chi connectivity index (χ0n) is 5.33. The zero-order chi connectivity index (χ0) is 7.11. The molecule has 9 heavy (non-hydrogen) atoms. The third kappa shape index (κ3) is 5.03. The Labute approximate surface area is 53.9 Å². The molecule has 0 saturated heterocycles. The van der Waals surface area contributed by atoms with E-state index in [1.165, 1.54) is 13.2 Å². The van der Waals surface area contributed by atoms with Crippen molar-refractivity contribution < 1.29 is 14.6 Å². The van der Waals surface area contributed by atoms with Crippen LogP contribution in [0, 0.1) is 0 Å². The molecule has 0 saturated carbocycles. The Morgan fingerprint density at radius 1 is 1.67 bits per heavy atom. The van der Waals surface area contributed by atoms with E-state index in [0.29, 0.717) is 0 Å². The minimum absolute atomic E-state index is 0.0308. The van der Waals surface area contributed by atoms with Gasteiger partial charge >= 0.3 is 5.97 Å². The van der Waals surface area contributed by atoms with Crippen LogP contribution in [0.4, 0.5) is 0 Å². The Balaban J connectivity index is 3.26. The summed E-state index contributed by atoms with van der Waals surface area (Å²) in [7, 11) is 1.33. The molecule has 0 atom stereocenters. The van der Waals surface area contributed by atoms with Gasteiger partial charge in [0.25, 0.3) is 0 Å². The van der Waals surface area contributed by atoms with E-state index in [2.05, 4.69) is 4.74 Å². The smallest absolute Gasteiger partial charge is 0.309 e. The standard InChI is InChI=1S/C6H10O3/c1-9-6(8)4-2-3-5-7/h2-3,7H,4-5H2,1H3/b3-2+. The van der Waals surface area contributed by atoms with E-state index in [1.54, 1.807) is 6.08 Å². The Morgan fingerprint density at radius 3 is 2.78 bits per heavy atom. The average molecular weight is 130 g/mol. The highest BCUT2D eigenvalue weighted by molar-refractivity contribution is 5.70. The molecule has 0 aliphatic rings. The van der Waals surface area contributed by atoms with Gasteiger partial charge in [0, 0.05) is 0 Å². The largest absolute Gasteiger partial charge is 0.469 e. The van der Waals surface area contributed by atoms with Crippen LogP contribution in [-0.2, 0) is 9.53 Å². The average Bonchev–Trinajstić information content (AvgIpc) is 1.89. The van der Waals surface area contributed by atoms with E-state index in [4.69, 9.17) is 5.11 Å². The molecule has 0 aromatic carbocycles. The van der Waals surface area contributed by atoms with Gasteiger partial charge in [0.1, 0.15) is 0 Å². The van der Waals surface area contributed by atoms with Crippen LogP contribution in [0.3, 0.4) is 0 Å². The van der Waals surface area contributed by atoms with Crippen molar-refractivity contribution >= 4 is 5.97 Å². The molecule has 3 heteroatoms. The maximum absolute atomic E-state index is 10.3. The number of ether oxygens (including phenoxy) is 1. The summed E-state index contributed by atoms with van der Waals surface area (Å²) < 4.78 is 4.32. The number of rotatable bonds is 3. The quantitative estimate of drug-likeness (QED) is 0.435. The SMILES string of the molecule is COC(=O)C/C=C/CO. The molecule has 0 amide bonds. The maximum atomic E-state index is 10.3. The first kappa shape index (κ1) is 8.17. The van der Waals surface area contributed by atoms with Crippen LogP contribution in [-0.4, -0.2) is 24.8 Å². The second-order valence-corrected chi connectivity index (χ2v) is 1.43. The van der Waals surface area contributed by atoms with Crippen LogP contribution in [0.5, 0.6) is 0 Å². The maximum Gasteiger partial charge on any atom is 0.309 e. The fourth-order valence-corrected chi connectivity index (χ4v) is 0.337. The van der Waals surface area contributed by atoms with Gasteiger partial charge in [-0.25, -0.2) is 0 Å². The topological polar surface area (TPSA) is 46.5 Å². The third-order valence-electron chi connectivity index (χ3n) is 0.784. The van der Waals surface area contributed by atoms with Crippen molar-refractivity contribution in [1.82, 2.24) is 0 Å². The predicted octanol–water partition coefficient (Wildman–Crippen LogP) is 0.0980. The molecule has 0 aliphatic carbocycles. The number of methoxy groups -OCH3 is 1. The lowest BCUT2D eigenvalue weighted by molar-refractivity contribution is -0.139. The molecule has 0 bridgehead atoms. The van der Waals surface area contributed by atoms with Crippen LogP contribution in [0.15, 0.2) is 12.2 Å². The van der Waals surface area contributed by atoms with Gasteiger partial charge in [-0.05, 0) is 0 Å². The third-order valence-corrected chi connectivity index (χ3v) is 0.784. The normalized spacial score (nSPS) is 10.0. The molecule has 0 aliphatic heterocycles. The van der Waals surface area contributed by atoms with Crippen LogP contribution in [0.2, 0.25) is 0 Å². The van der Waals surface area contributed by atoms with E-state index >= 15 is 0 Å². The van der Waals surface area contributed by atoms with Gasteiger partial charge in [0.2, 0.25) is 0 Å². The summed E-state index contributed by atoms with van der Waals surface area (Å²) in [6, 6.07) is 0. The molecule has 0 heterocycles. The van der Waals surface area contributed by atoms with Gasteiger partial charge in [-0.15, -0.1) is 0 Å². The molecular formula is C6H10O3. The summed E-state index contributed by atoms with van der Waals surface area (Å²) in [4.78, 5) is 10.3. The summed E-state index contributed by atoms with van der Waals surface area (Å²) in [6.07, 6.45) is 3.29.